The van der Waals surface area contributed by atoms with E-state index in [2.05, 4.69) is 4.72 Å². The lowest BCUT2D eigenvalue weighted by Crippen LogP contribution is -2.39. The number of benzene rings is 1. The van der Waals surface area contributed by atoms with E-state index in [0.717, 1.165) is 6.07 Å². The molecule has 108 valence electrons. The van der Waals surface area contributed by atoms with Crippen molar-refractivity contribution in [2.75, 3.05) is 26.4 Å². The Kier molecular flexibility index (Phi) is 4.89. The molecule has 0 aliphatic heterocycles. The number of halogens is 1. The Morgan fingerprint density at radius 2 is 2.00 bits per heavy atom. The number of likely N-dealkylation sites (N-methyl/N-ethyl adjacent to an activating group) is 1. The van der Waals surface area contributed by atoms with Gasteiger partial charge in [0.05, 0.1) is 4.90 Å². The summed E-state index contributed by atoms with van der Waals surface area (Å²) in [7, 11) is -0.0905. The zero-order chi connectivity index (χ0) is 14.8. The van der Waals surface area contributed by atoms with Gasteiger partial charge in [0.2, 0.25) is 10.0 Å². The Balaban J connectivity index is 3.07. The van der Waals surface area contributed by atoms with Gasteiger partial charge < -0.3 is 10.6 Å². The van der Waals surface area contributed by atoms with E-state index in [1.54, 1.807) is 6.92 Å². The lowest BCUT2D eigenvalue weighted by Gasteiger charge is -2.19. The van der Waals surface area contributed by atoms with Crippen molar-refractivity contribution in [1.29, 1.82) is 0 Å². The van der Waals surface area contributed by atoms with Crippen molar-refractivity contribution in [3.8, 4) is 0 Å². The zero-order valence-electron chi connectivity index (χ0n) is 11.6. The first-order valence-corrected chi connectivity index (χ1v) is 7.34. The summed E-state index contributed by atoms with van der Waals surface area (Å²) in [5, 5.41) is 0. The number of nitrogen functional groups attached to an aromatic ring is 1. The van der Waals surface area contributed by atoms with Crippen LogP contribution in [0.2, 0.25) is 0 Å². The summed E-state index contributed by atoms with van der Waals surface area (Å²) in [5.74, 6) is -0.624. The molecule has 0 bridgehead atoms. The summed E-state index contributed by atoms with van der Waals surface area (Å²) in [5.41, 5.74) is 5.65. The molecule has 0 saturated heterocycles. The van der Waals surface area contributed by atoms with Crippen molar-refractivity contribution in [2.24, 2.45) is 0 Å². The van der Waals surface area contributed by atoms with Crippen molar-refractivity contribution >= 4 is 15.7 Å². The van der Waals surface area contributed by atoms with Gasteiger partial charge in [-0.25, -0.2) is 17.5 Å². The lowest BCUT2D eigenvalue weighted by atomic mass is 10.2. The number of sulfonamides is 1. The Bertz CT molecular complexity index is 558. The molecule has 0 aliphatic carbocycles. The topological polar surface area (TPSA) is 75.4 Å². The minimum atomic E-state index is -3.78. The molecule has 0 aromatic heterocycles. The lowest BCUT2D eigenvalue weighted by molar-refractivity contribution is 0.370. The van der Waals surface area contributed by atoms with Gasteiger partial charge >= 0.3 is 0 Å². The predicted octanol–water partition coefficient (Wildman–Crippen LogP) is 0.945. The molecule has 1 unspecified atom stereocenters. The van der Waals surface area contributed by atoms with Crippen molar-refractivity contribution < 1.29 is 12.8 Å². The molecule has 7 heteroatoms. The molecule has 0 heterocycles. The standard InChI is InChI=1S/C12H20FN3O2S/c1-8(7-16(3)4)15-19(17,18)12-6-10(14)5-11(13)9(12)2/h5-6,8,15H,7,14H2,1-4H3. The van der Waals surface area contributed by atoms with Crippen molar-refractivity contribution in [1.82, 2.24) is 9.62 Å². The molecule has 0 amide bonds. The number of nitrogens with zero attached hydrogens (tertiary/aromatic N) is 1. The number of anilines is 1. The maximum atomic E-state index is 13.5. The van der Waals surface area contributed by atoms with E-state index in [4.69, 9.17) is 5.73 Å². The van der Waals surface area contributed by atoms with Crippen LogP contribution in [0, 0.1) is 12.7 Å². The van der Waals surface area contributed by atoms with E-state index < -0.39 is 15.8 Å². The molecule has 0 radical (unpaired) electrons. The maximum absolute atomic E-state index is 13.5. The third-order valence-electron chi connectivity index (χ3n) is 2.60. The molecule has 19 heavy (non-hydrogen) atoms. The first-order chi connectivity index (χ1) is 8.63. The van der Waals surface area contributed by atoms with E-state index in [9.17, 15) is 12.8 Å². The van der Waals surface area contributed by atoms with Crippen LogP contribution in [0.15, 0.2) is 17.0 Å². The van der Waals surface area contributed by atoms with Crippen LogP contribution >= 0.6 is 0 Å². The first kappa shape index (κ1) is 15.9. The Labute approximate surface area is 113 Å². The van der Waals surface area contributed by atoms with E-state index in [0.29, 0.717) is 6.54 Å². The molecule has 0 saturated carbocycles. The normalized spacial score (nSPS) is 13.8. The summed E-state index contributed by atoms with van der Waals surface area (Å²) in [4.78, 5) is 1.75. The third kappa shape index (κ3) is 4.15. The highest BCUT2D eigenvalue weighted by atomic mass is 32.2. The van der Waals surface area contributed by atoms with Gasteiger partial charge in [-0.05, 0) is 40.1 Å². The summed E-state index contributed by atoms with van der Waals surface area (Å²) in [6.07, 6.45) is 0. The average molecular weight is 289 g/mol. The van der Waals surface area contributed by atoms with Crippen molar-refractivity contribution in [2.45, 2.75) is 24.8 Å². The van der Waals surface area contributed by atoms with Gasteiger partial charge in [0.1, 0.15) is 5.82 Å². The highest BCUT2D eigenvalue weighted by Gasteiger charge is 2.22. The monoisotopic (exact) mass is 289 g/mol. The highest BCUT2D eigenvalue weighted by Crippen LogP contribution is 2.21. The van der Waals surface area contributed by atoms with Crippen molar-refractivity contribution in [3.63, 3.8) is 0 Å². The molecule has 1 aromatic carbocycles. The van der Waals surface area contributed by atoms with Gasteiger partial charge in [-0.15, -0.1) is 0 Å². The van der Waals surface area contributed by atoms with E-state index in [-0.39, 0.29) is 22.2 Å². The van der Waals surface area contributed by atoms with Crippen LogP contribution in [0.5, 0.6) is 0 Å². The van der Waals surface area contributed by atoms with Crippen LogP contribution in [-0.2, 0) is 10.0 Å². The van der Waals surface area contributed by atoms with Crippen LogP contribution in [0.1, 0.15) is 12.5 Å². The van der Waals surface area contributed by atoms with Gasteiger partial charge in [-0.1, -0.05) is 0 Å². The Hall–Kier alpha value is -1.18. The third-order valence-corrected chi connectivity index (χ3v) is 4.32. The predicted molar refractivity (Wildman–Crippen MR) is 73.9 cm³/mol. The summed E-state index contributed by atoms with van der Waals surface area (Å²) in [6, 6.07) is 2.09. The van der Waals surface area contributed by atoms with Gasteiger partial charge in [-0.2, -0.15) is 0 Å². The Morgan fingerprint density at radius 1 is 1.42 bits per heavy atom. The molecule has 0 fully saturated rings. The number of hydrogen-bond donors (Lipinski definition) is 2. The number of hydrogen-bond acceptors (Lipinski definition) is 4. The second-order valence-corrected chi connectivity index (χ2v) is 6.59. The fraction of sp³-hybridized carbons (Fsp3) is 0.500. The van der Waals surface area contributed by atoms with Crippen LogP contribution in [0.4, 0.5) is 10.1 Å². The average Bonchev–Trinajstić information content (AvgIpc) is 2.20. The maximum Gasteiger partial charge on any atom is 0.241 e. The quantitative estimate of drug-likeness (QED) is 0.791. The van der Waals surface area contributed by atoms with Crippen LogP contribution in [0.25, 0.3) is 0 Å². The van der Waals surface area contributed by atoms with E-state index >= 15 is 0 Å². The molecule has 5 nitrogen and oxygen atoms in total. The highest BCUT2D eigenvalue weighted by molar-refractivity contribution is 7.89. The molecule has 3 N–H and O–H groups in total. The number of rotatable bonds is 5. The smallest absolute Gasteiger partial charge is 0.241 e. The minimum Gasteiger partial charge on any atom is -0.399 e. The fourth-order valence-electron chi connectivity index (χ4n) is 1.87. The van der Waals surface area contributed by atoms with E-state index in [1.807, 2.05) is 19.0 Å². The molecular weight excluding hydrogens is 269 g/mol. The Morgan fingerprint density at radius 3 is 2.53 bits per heavy atom. The minimum absolute atomic E-state index is 0.0683. The molecule has 0 spiro atoms. The fourth-order valence-corrected chi connectivity index (χ4v) is 3.39. The SMILES string of the molecule is Cc1c(F)cc(N)cc1S(=O)(=O)NC(C)CN(C)C. The summed E-state index contributed by atoms with van der Waals surface area (Å²) in [6.45, 7) is 3.71. The van der Waals surface area contributed by atoms with Gasteiger partial charge in [0.15, 0.2) is 0 Å². The van der Waals surface area contributed by atoms with Gasteiger partial charge in [-0.3, -0.25) is 0 Å². The summed E-state index contributed by atoms with van der Waals surface area (Å²) < 4.78 is 40.4. The van der Waals surface area contributed by atoms with Gasteiger partial charge in [0.25, 0.3) is 0 Å². The molecule has 1 rings (SSSR count). The number of nitrogens with two attached hydrogens (primary N) is 1. The van der Waals surface area contributed by atoms with Crippen LogP contribution in [-0.4, -0.2) is 40.0 Å². The number of nitrogens with one attached hydrogen (secondary N) is 1. The summed E-state index contributed by atoms with van der Waals surface area (Å²) >= 11 is 0. The molecular formula is C12H20FN3O2S. The largest absolute Gasteiger partial charge is 0.399 e. The van der Waals surface area contributed by atoms with E-state index in [1.165, 1.54) is 13.0 Å². The van der Waals surface area contributed by atoms with Crippen LogP contribution in [0.3, 0.4) is 0 Å². The second kappa shape index (κ2) is 5.85. The molecule has 0 aliphatic rings. The second-order valence-electron chi connectivity index (χ2n) is 4.91. The first-order valence-electron chi connectivity index (χ1n) is 5.86. The van der Waals surface area contributed by atoms with Crippen molar-refractivity contribution in [3.05, 3.63) is 23.5 Å². The molecule has 1 aromatic rings. The zero-order valence-corrected chi connectivity index (χ0v) is 12.4. The molecule has 1 atom stereocenters. The van der Waals surface area contributed by atoms with Gasteiger partial charge in [0, 0.05) is 23.8 Å². The van der Waals surface area contributed by atoms with Crippen LogP contribution < -0.4 is 10.5 Å².